The number of imidazole rings is 1. The molecule has 0 aliphatic carbocycles. The monoisotopic (exact) mass is 386 g/mol. The maximum Gasteiger partial charge on any atom is 0.222 e. The number of nitrogens with zero attached hydrogens (tertiary/aromatic N) is 7. The van der Waals surface area contributed by atoms with Crippen molar-refractivity contribution in [1.82, 2.24) is 29.3 Å². The SMILES string of the molecule is CCn1c(C(C#N)c2nc(NCCn3cccn3)ncc2C)nc2ccccc21. The van der Waals surface area contributed by atoms with Crippen molar-refractivity contribution in [2.24, 2.45) is 0 Å². The molecule has 8 nitrogen and oxygen atoms in total. The van der Waals surface area contributed by atoms with Gasteiger partial charge in [0.2, 0.25) is 5.95 Å². The lowest BCUT2D eigenvalue weighted by Crippen LogP contribution is -2.16. The Balaban J connectivity index is 1.64. The van der Waals surface area contributed by atoms with Gasteiger partial charge in [0.05, 0.1) is 29.3 Å². The van der Waals surface area contributed by atoms with E-state index in [1.54, 1.807) is 12.4 Å². The Hall–Kier alpha value is -3.73. The van der Waals surface area contributed by atoms with Gasteiger partial charge in [0.25, 0.3) is 0 Å². The molecule has 1 atom stereocenters. The standard InChI is InChI=1S/C21H22N8/c1-3-29-18-8-5-4-7-17(18)26-20(29)16(13-22)19-15(2)14-24-21(27-19)23-10-12-28-11-6-9-25-28/h4-9,11,14,16H,3,10,12H2,1-2H3,(H,23,24,27). The molecule has 1 aromatic carbocycles. The van der Waals surface area contributed by atoms with Gasteiger partial charge in [-0.2, -0.15) is 10.4 Å². The highest BCUT2D eigenvalue weighted by molar-refractivity contribution is 5.76. The van der Waals surface area contributed by atoms with Gasteiger partial charge in [-0.05, 0) is 37.6 Å². The predicted molar refractivity (Wildman–Crippen MR) is 110 cm³/mol. The van der Waals surface area contributed by atoms with Gasteiger partial charge in [-0.15, -0.1) is 0 Å². The van der Waals surface area contributed by atoms with E-state index < -0.39 is 5.92 Å². The molecule has 1 N–H and O–H groups in total. The molecule has 0 radical (unpaired) electrons. The normalized spacial score (nSPS) is 12.0. The summed E-state index contributed by atoms with van der Waals surface area (Å²) in [5.74, 6) is 0.634. The molecular formula is C21H22N8. The summed E-state index contributed by atoms with van der Waals surface area (Å²) in [5.41, 5.74) is 3.45. The van der Waals surface area contributed by atoms with Crippen LogP contribution in [0.1, 0.15) is 29.9 Å². The highest BCUT2D eigenvalue weighted by Gasteiger charge is 2.24. The zero-order valence-electron chi connectivity index (χ0n) is 16.4. The second-order valence-corrected chi connectivity index (χ2v) is 6.72. The highest BCUT2D eigenvalue weighted by Crippen LogP contribution is 2.28. The summed E-state index contributed by atoms with van der Waals surface area (Å²) in [6, 6.07) is 12.2. The second kappa shape index (κ2) is 8.10. The molecule has 0 amide bonds. The number of nitrogens with one attached hydrogen (secondary N) is 1. The Morgan fingerprint density at radius 3 is 2.83 bits per heavy atom. The number of para-hydroxylation sites is 2. The molecular weight excluding hydrogens is 364 g/mol. The zero-order valence-corrected chi connectivity index (χ0v) is 16.4. The molecule has 0 fully saturated rings. The molecule has 3 aromatic heterocycles. The van der Waals surface area contributed by atoms with Crippen LogP contribution in [0.15, 0.2) is 48.9 Å². The Morgan fingerprint density at radius 1 is 1.21 bits per heavy atom. The maximum absolute atomic E-state index is 10.00. The molecule has 0 spiro atoms. The quantitative estimate of drug-likeness (QED) is 0.524. The fourth-order valence-corrected chi connectivity index (χ4v) is 3.44. The number of fused-ring (bicyclic) bond motifs is 1. The Morgan fingerprint density at radius 2 is 2.07 bits per heavy atom. The van der Waals surface area contributed by atoms with Crippen molar-refractivity contribution in [3.05, 3.63) is 66.0 Å². The van der Waals surface area contributed by atoms with Crippen LogP contribution in [0.3, 0.4) is 0 Å². The number of hydrogen-bond acceptors (Lipinski definition) is 6. The van der Waals surface area contributed by atoms with Crippen LogP contribution < -0.4 is 5.32 Å². The first-order valence-corrected chi connectivity index (χ1v) is 9.61. The van der Waals surface area contributed by atoms with Crippen LogP contribution in [0.4, 0.5) is 5.95 Å². The Labute approximate surface area is 168 Å². The number of benzene rings is 1. The average Bonchev–Trinajstić information content (AvgIpc) is 3.38. The van der Waals surface area contributed by atoms with E-state index in [2.05, 4.69) is 37.9 Å². The first-order valence-electron chi connectivity index (χ1n) is 9.61. The first kappa shape index (κ1) is 18.6. The molecule has 1 unspecified atom stereocenters. The van der Waals surface area contributed by atoms with Crippen LogP contribution in [0.5, 0.6) is 0 Å². The van der Waals surface area contributed by atoms with Gasteiger partial charge in [0, 0.05) is 31.7 Å². The number of hydrogen-bond donors (Lipinski definition) is 1. The molecule has 0 saturated heterocycles. The number of rotatable bonds is 7. The predicted octanol–water partition coefficient (Wildman–Crippen LogP) is 3.12. The van der Waals surface area contributed by atoms with Gasteiger partial charge in [0.1, 0.15) is 11.7 Å². The third kappa shape index (κ3) is 3.67. The highest BCUT2D eigenvalue weighted by atomic mass is 15.3. The summed E-state index contributed by atoms with van der Waals surface area (Å²) in [5, 5.41) is 17.4. The van der Waals surface area contributed by atoms with E-state index in [1.807, 2.05) is 48.1 Å². The lowest BCUT2D eigenvalue weighted by Gasteiger charge is -2.14. The van der Waals surface area contributed by atoms with Crippen LogP contribution in [-0.2, 0) is 13.1 Å². The average molecular weight is 386 g/mol. The van der Waals surface area contributed by atoms with E-state index in [9.17, 15) is 5.26 Å². The summed E-state index contributed by atoms with van der Waals surface area (Å²) in [7, 11) is 0. The van der Waals surface area contributed by atoms with Crippen molar-refractivity contribution in [3.8, 4) is 6.07 Å². The third-order valence-electron chi connectivity index (χ3n) is 4.86. The van der Waals surface area contributed by atoms with Crippen LogP contribution in [0.25, 0.3) is 11.0 Å². The van der Waals surface area contributed by atoms with Gasteiger partial charge in [0.15, 0.2) is 0 Å². The number of aromatic nitrogens is 6. The maximum atomic E-state index is 10.00. The largest absolute Gasteiger partial charge is 0.352 e. The molecule has 4 rings (SSSR count). The Bertz CT molecular complexity index is 1150. The lowest BCUT2D eigenvalue weighted by atomic mass is 10.0. The van der Waals surface area contributed by atoms with Crippen LogP contribution >= 0.6 is 0 Å². The second-order valence-electron chi connectivity index (χ2n) is 6.72. The van der Waals surface area contributed by atoms with Crippen LogP contribution in [0, 0.1) is 18.3 Å². The van der Waals surface area contributed by atoms with Crippen LogP contribution in [0.2, 0.25) is 0 Å². The fraction of sp³-hybridized carbons (Fsp3) is 0.286. The minimum absolute atomic E-state index is 0.497. The third-order valence-corrected chi connectivity index (χ3v) is 4.86. The van der Waals surface area contributed by atoms with Crippen molar-refractivity contribution in [1.29, 1.82) is 5.26 Å². The van der Waals surface area contributed by atoms with E-state index in [1.165, 1.54) is 0 Å². The smallest absolute Gasteiger partial charge is 0.222 e. The summed E-state index contributed by atoms with van der Waals surface area (Å²) < 4.78 is 3.92. The van der Waals surface area contributed by atoms with Crippen molar-refractivity contribution < 1.29 is 0 Å². The van der Waals surface area contributed by atoms with E-state index in [-0.39, 0.29) is 0 Å². The Kier molecular flexibility index (Phi) is 5.20. The van der Waals surface area contributed by atoms with Crippen molar-refractivity contribution in [2.75, 3.05) is 11.9 Å². The summed E-state index contributed by atoms with van der Waals surface area (Å²) in [6.07, 6.45) is 5.41. The zero-order chi connectivity index (χ0) is 20.2. The van der Waals surface area contributed by atoms with E-state index in [4.69, 9.17) is 4.98 Å². The van der Waals surface area contributed by atoms with Gasteiger partial charge < -0.3 is 9.88 Å². The van der Waals surface area contributed by atoms with E-state index in [0.29, 0.717) is 30.6 Å². The molecule has 4 aromatic rings. The van der Waals surface area contributed by atoms with Gasteiger partial charge in [-0.3, -0.25) is 4.68 Å². The molecule has 0 aliphatic rings. The minimum Gasteiger partial charge on any atom is -0.352 e. The topological polar surface area (TPSA) is 97.2 Å². The number of nitriles is 1. The van der Waals surface area contributed by atoms with Crippen molar-refractivity contribution in [3.63, 3.8) is 0 Å². The summed E-state index contributed by atoms with van der Waals surface area (Å²) in [4.78, 5) is 13.8. The number of anilines is 1. The van der Waals surface area contributed by atoms with Crippen molar-refractivity contribution >= 4 is 17.0 Å². The van der Waals surface area contributed by atoms with Crippen molar-refractivity contribution in [2.45, 2.75) is 32.9 Å². The van der Waals surface area contributed by atoms with E-state index in [0.717, 1.165) is 23.1 Å². The van der Waals surface area contributed by atoms with Gasteiger partial charge >= 0.3 is 0 Å². The molecule has 29 heavy (non-hydrogen) atoms. The lowest BCUT2D eigenvalue weighted by molar-refractivity contribution is 0.635. The van der Waals surface area contributed by atoms with E-state index >= 15 is 0 Å². The first-order chi connectivity index (χ1) is 14.2. The molecule has 8 heteroatoms. The number of aryl methyl sites for hydroxylation is 2. The molecule has 0 aliphatic heterocycles. The summed E-state index contributed by atoms with van der Waals surface area (Å²) >= 11 is 0. The fourth-order valence-electron chi connectivity index (χ4n) is 3.44. The molecule has 0 saturated carbocycles. The van der Waals surface area contributed by atoms with Gasteiger partial charge in [-0.25, -0.2) is 15.0 Å². The van der Waals surface area contributed by atoms with Gasteiger partial charge in [-0.1, -0.05) is 12.1 Å². The molecule has 0 bridgehead atoms. The van der Waals surface area contributed by atoms with Crippen LogP contribution in [-0.4, -0.2) is 35.8 Å². The summed E-state index contributed by atoms with van der Waals surface area (Å²) in [6.45, 7) is 6.04. The molecule has 3 heterocycles. The minimum atomic E-state index is -0.572. The molecule has 146 valence electrons.